The zero-order valence-corrected chi connectivity index (χ0v) is 14.8. The molecule has 1 aromatic heterocycles. The molecule has 7 heteroatoms. The highest BCUT2D eigenvalue weighted by Crippen LogP contribution is 2.28. The second kappa shape index (κ2) is 7.53. The minimum Gasteiger partial charge on any atom is -0.388 e. The van der Waals surface area contributed by atoms with Gasteiger partial charge in [-0.25, -0.2) is 0 Å². The van der Waals surface area contributed by atoms with E-state index in [1.807, 2.05) is 20.0 Å². The highest BCUT2D eigenvalue weighted by atomic mass is 16.5. The SMILES string of the molecule is CN=C(NCC1(O)CCCC1)N1CCN(Cc2cc(C)on2)CC1. The summed E-state index contributed by atoms with van der Waals surface area (Å²) in [4.78, 5) is 9.04. The zero-order valence-electron chi connectivity index (χ0n) is 14.8. The predicted octanol–water partition coefficient (Wildman–Crippen LogP) is 0.981. The van der Waals surface area contributed by atoms with E-state index >= 15 is 0 Å². The number of hydrogen-bond acceptors (Lipinski definition) is 5. The Labute approximate surface area is 143 Å². The molecule has 2 heterocycles. The monoisotopic (exact) mass is 335 g/mol. The normalized spacial score (nSPS) is 22.1. The Morgan fingerprint density at radius 1 is 1.33 bits per heavy atom. The fourth-order valence-corrected chi connectivity index (χ4v) is 3.63. The van der Waals surface area contributed by atoms with E-state index in [0.29, 0.717) is 6.54 Å². The van der Waals surface area contributed by atoms with Crippen LogP contribution in [-0.2, 0) is 6.54 Å². The molecule has 0 spiro atoms. The third kappa shape index (κ3) is 4.27. The number of rotatable bonds is 4. The molecule has 0 unspecified atom stereocenters. The molecule has 24 heavy (non-hydrogen) atoms. The first-order valence-corrected chi connectivity index (χ1v) is 8.90. The summed E-state index contributed by atoms with van der Waals surface area (Å²) in [5.74, 6) is 1.75. The van der Waals surface area contributed by atoms with Crippen LogP contribution in [0.1, 0.15) is 37.1 Å². The van der Waals surface area contributed by atoms with Gasteiger partial charge in [-0.15, -0.1) is 0 Å². The lowest BCUT2D eigenvalue weighted by molar-refractivity contribution is 0.0511. The van der Waals surface area contributed by atoms with Crippen molar-refractivity contribution in [2.75, 3.05) is 39.8 Å². The van der Waals surface area contributed by atoms with Crippen LogP contribution in [0.2, 0.25) is 0 Å². The van der Waals surface area contributed by atoms with Crippen molar-refractivity contribution in [3.05, 3.63) is 17.5 Å². The van der Waals surface area contributed by atoms with Gasteiger partial charge in [0.05, 0.1) is 11.3 Å². The van der Waals surface area contributed by atoms with E-state index in [0.717, 1.165) is 75.8 Å². The molecule has 0 radical (unpaired) electrons. The third-order valence-corrected chi connectivity index (χ3v) is 5.06. The highest BCUT2D eigenvalue weighted by molar-refractivity contribution is 5.80. The van der Waals surface area contributed by atoms with E-state index in [-0.39, 0.29) is 0 Å². The topological polar surface area (TPSA) is 77.1 Å². The van der Waals surface area contributed by atoms with Gasteiger partial charge in [-0.05, 0) is 19.8 Å². The Morgan fingerprint density at radius 2 is 2.04 bits per heavy atom. The maximum Gasteiger partial charge on any atom is 0.193 e. The van der Waals surface area contributed by atoms with Crippen LogP contribution in [-0.4, -0.2) is 71.4 Å². The van der Waals surface area contributed by atoms with Gasteiger partial charge in [0.25, 0.3) is 0 Å². The lowest BCUT2D eigenvalue weighted by Crippen LogP contribution is -2.54. The first-order chi connectivity index (χ1) is 11.6. The van der Waals surface area contributed by atoms with Crippen LogP contribution in [0, 0.1) is 6.92 Å². The Balaban J connectivity index is 1.45. The molecule has 0 aromatic carbocycles. The van der Waals surface area contributed by atoms with Crippen molar-refractivity contribution >= 4 is 5.96 Å². The number of aliphatic imine (C=N–C) groups is 1. The van der Waals surface area contributed by atoms with Gasteiger partial charge in [-0.1, -0.05) is 18.0 Å². The molecule has 7 nitrogen and oxygen atoms in total. The number of nitrogens with one attached hydrogen (secondary N) is 1. The average molecular weight is 335 g/mol. The summed E-state index contributed by atoms with van der Waals surface area (Å²) in [6, 6.07) is 2.00. The Kier molecular flexibility index (Phi) is 5.40. The molecule has 1 aliphatic heterocycles. The molecular weight excluding hydrogens is 306 g/mol. The smallest absolute Gasteiger partial charge is 0.193 e. The third-order valence-electron chi connectivity index (χ3n) is 5.06. The molecule has 1 aromatic rings. The lowest BCUT2D eigenvalue weighted by atomic mass is 10.0. The Morgan fingerprint density at radius 3 is 2.62 bits per heavy atom. The number of aryl methyl sites for hydroxylation is 1. The lowest BCUT2D eigenvalue weighted by Gasteiger charge is -2.37. The predicted molar refractivity (Wildman–Crippen MR) is 92.9 cm³/mol. The molecule has 3 rings (SSSR count). The van der Waals surface area contributed by atoms with Gasteiger partial charge in [0.1, 0.15) is 5.76 Å². The van der Waals surface area contributed by atoms with Crippen LogP contribution in [0.5, 0.6) is 0 Å². The first-order valence-electron chi connectivity index (χ1n) is 8.90. The van der Waals surface area contributed by atoms with Crippen LogP contribution >= 0.6 is 0 Å². The molecule has 2 fully saturated rings. The zero-order chi connectivity index (χ0) is 17.0. The summed E-state index contributed by atoms with van der Waals surface area (Å²) in [6.45, 7) is 7.13. The van der Waals surface area contributed by atoms with Gasteiger partial charge in [0.2, 0.25) is 0 Å². The molecule has 134 valence electrons. The van der Waals surface area contributed by atoms with E-state index in [4.69, 9.17) is 4.52 Å². The van der Waals surface area contributed by atoms with Crippen molar-refractivity contribution in [3.63, 3.8) is 0 Å². The Bertz CT molecular complexity index is 557. The summed E-state index contributed by atoms with van der Waals surface area (Å²) < 4.78 is 5.13. The van der Waals surface area contributed by atoms with Crippen LogP contribution < -0.4 is 5.32 Å². The second-order valence-corrected chi connectivity index (χ2v) is 7.02. The Hall–Kier alpha value is -1.60. The maximum absolute atomic E-state index is 10.5. The molecule has 2 aliphatic rings. The van der Waals surface area contributed by atoms with E-state index in [1.165, 1.54) is 0 Å². The fourth-order valence-electron chi connectivity index (χ4n) is 3.63. The summed E-state index contributed by atoms with van der Waals surface area (Å²) in [7, 11) is 1.81. The molecular formula is C17H29N5O2. The quantitative estimate of drug-likeness (QED) is 0.631. The maximum atomic E-state index is 10.5. The van der Waals surface area contributed by atoms with Gasteiger partial charge in [-0.3, -0.25) is 9.89 Å². The highest BCUT2D eigenvalue weighted by Gasteiger charge is 2.31. The summed E-state index contributed by atoms with van der Waals surface area (Å²) in [5.41, 5.74) is 0.440. The van der Waals surface area contributed by atoms with Gasteiger partial charge in [0, 0.05) is 52.4 Å². The van der Waals surface area contributed by atoms with Crippen molar-refractivity contribution in [3.8, 4) is 0 Å². The summed E-state index contributed by atoms with van der Waals surface area (Å²) in [6.07, 6.45) is 4.03. The van der Waals surface area contributed by atoms with Crippen molar-refractivity contribution in [1.82, 2.24) is 20.3 Å². The number of aliphatic hydroxyl groups is 1. The summed E-state index contributed by atoms with van der Waals surface area (Å²) in [5, 5.41) is 17.9. The van der Waals surface area contributed by atoms with Gasteiger partial charge >= 0.3 is 0 Å². The first kappa shape index (κ1) is 17.2. The molecule has 0 atom stereocenters. The number of guanidine groups is 1. The van der Waals surface area contributed by atoms with E-state index in [2.05, 4.69) is 25.3 Å². The molecule has 1 aliphatic carbocycles. The van der Waals surface area contributed by atoms with Crippen LogP contribution in [0.3, 0.4) is 0 Å². The van der Waals surface area contributed by atoms with E-state index in [1.54, 1.807) is 0 Å². The van der Waals surface area contributed by atoms with Gasteiger partial charge in [0.15, 0.2) is 5.96 Å². The van der Waals surface area contributed by atoms with Crippen molar-refractivity contribution < 1.29 is 9.63 Å². The van der Waals surface area contributed by atoms with Crippen LogP contribution in [0.4, 0.5) is 0 Å². The molecule has 2 N–H and O–H groups in total. The summed E-state index contributed by atoms with van der Waals surface area (Å²) >= 11 is 0. The average Bonchev–Trinajstić information content (AvgIpc) is 3.18. The number of hydrogen-bond donors (Lipinski definition) is 2. The fraction of sp³-hybridized carbons (Fsp3) is 0.765. The number of piperazine rings is 1. The van der Waals surface area contributed by atoms with E-state index < -0.39 is 5.60 Å². The number of aromatic nitrogens is 1. The van der Waals surface area contributed by atoms with Crippen molar-refractivity contribution in [2.24, 2.45) is 4.99 Å². The molecule has 1 saturated carbocycles. The molecule has 1 saturated heterocycles. The van der Waals surface area contributed by atoms with Gasteiger partial charge in [-0.2, -0.15) is 0 Å². The second-order valence-electron chi connectivity index (χ2n) is 7.02. The van der Waals surface area contributed by atoms with Crippen LogP contribution in [0.25, 0.3) is 0 Å². The number of nitrogens with zero attached hydrogens (tertiary/aromatic N) is 4. The van der Waals surface area contributed by atoms with Crippen molar-refractivity contribution in [2.45, 2.75) is 44.8 Å². The van der Waals surface area contributed by atoms with Crippen LogP contribution in [0.15, 0.2) is 15.6 Å². The van der Waals surface area contributed by atoms with E-state index in [9.17, 15) is 5.11 Å². The minimum atomic E-state index is -0.553. The largest absolute Gasteiger partial charge is 0.388 e. The molecule has 0 bridgehead atoms. The molecule has 0 amide bonds. The van der Waals surface area contributed by atoms with Gasteiger partial charge < -0.3 is 19.8 Å². The van der Waals surface area contributed by atoms with Crippen molar-refractivity contribution in [1.29, 1.82) is 0 Å². The standard InChI is InChI=1S/C17H29N5O2/c1-14-11-15(20-24-14)12-21-7-9-22(10-8-21)16(18-2)19-13-17(23)5-3-4-6-17/h11,23H,3-10,12-13H2,1-2H3,(H,18,19). The minimum absolute atomic E-state index is 0.553.